The topological polar surface area (TPSA) is 80.3 Å². The van der Waals surface area contributed by atoms with Gasteiger partial charge in [-0.1, -0.05) is 18.7 Å². The zero-order valence-corrected chi connectivity index (χ0v) is 20.3. The Balaban J connectivity index is 1.57. The van der Waals surface area contributed by atoms with Crippen LogP contribution in [0.4, 0.5) is 11.5 Å². The van der Waals surface area contributed by atoms with E-state index in [1.807, 2.05) is 30.5 Å². The lowest BCUT2D eigenvalue weighted by atomic mass is 9.90. The number of nitrogens with one attached hydrogen (secondary N) is 3. The summed E-state index contributed by atoms with van der Waals surface area (Å²) in [6.07, 6.45) is 3.76. The van der Waals surface area contributed by atoms with Gasteiger partial charge in [-0.2, -0.15) is 0 Å². The number of rotatable bonds is 6. The Morgan fingerprint density at radius 2 is 2.10 bits per heavy atom. The molecule has 0 aliphatic carbocycles. The number of anilines is 2. The van der Waals surface area contributed by atoms with Crippen molar-refractivity contribution in [2.45, 2.75) is 44.1 Å². The fourth-order valence-electron chi connectivity index (χ4n) is 3.41. The molecule has 2 aromatic heterocycles. The van der Waals surface area contributed by atoms with Gasteiger partial charge in [-0.15, -0.1) is 11.3 Å². The molecule has 4 rings (SSSR count). The van der Waals surface area contributed by atoms with Crippen LogP contribution in [-0.4, -0.2) is 34.0 Å². The average Bonchev–Trinajstić information content (AvgIpc) is 3.15. The van der Waals surface area contributed by atoms with Crippen molar-refractivity contribution in [3.8, 4) is 5.75 Å². The van der Waals surface area contributed by atoms with Crippen LogP contribution in [0.15, 0.2) is 29.4 Å². The van der Waals surface area contributed by atoms with Gasteiger partial charge in [-0.3, -0.25) is 10.9 Å². The Labute approximate surface area is 195 Å². The zero-order valence-electron chi connectivity index (χ0n) is 17.9. The molecule has 0 bridgehead atoms. The summed E-state index contributed by atoms with van der Waals surface area (Å²) in [5, 5.41) is 5.35. The molecule has 7 nitrogen and oxygen atoms in total. The van der Waals surface area contributed by atoms with E-state index in [0.717, 1.165) is 40.3 Å². The Bertz CT molecular complexity index is 1100. The molecule has 31 heavy (non-hydrogen) atoms. The predicted molar refractivity (Wildman–Crippen MR) is 132 cm³/mol. The summed E-state index contributed by atoms with van der Waals surface area (Å²) >= 11 is 8.64. The highest BCUT2D eigenvalue weighted by Gasteiger charge is 2.33. The molecule has 0 saturated carbocycles. The van der Waals surface area contributed by atoms with E-state index < -0.39 is 0 Å². The standard InChI is InChI=1S/C21H25N5O2S3/c1-5-21(2)10-14-15(11-28-21)31-18-16(14)17(23-20(24-18)30-4)25-26-19(29)22-12-6-8-13(27-3)9-7-12/h6-9H,5,10-11H2,1-4H3,(H2,22,26,29)(H,23,24,25)/t21-/m1/s1. The number of nitrogens with zero attached hydrogens (tertiary/aromatic N) is 2. The third-order valence-electron chi connectivity index (χ3n) is 5.39. The van der Waals surface area contributed by atoms with Crippen LogP contribution in [0.2, 0.25) is 0 Å². The molecule has 0 spiro atoms. The fourth-order valence-corrected chi connectivity index (χ4v) is 5.11. The molecule has 0 amide bonds. The van der Waals surface area contributed by atoms with E-state index in [0.29, 0.717) is 16.9 Å². The predicted octanol–water partition coefficient (Wildman–Crippen LogP) is 4.98. The van der Waals surface area contributed by atoms with Gasteiger partial charge in [-0.25, -0.2) is 9.97 Å². The highest BCUT2D eigenvalue weighted by atomic mass is 32.2. The summed E-state index contributed by atoms with van der Waals surface area (Å²) in [6.45, 7) is 4.93. The van der Waals surface area contributed by atoms with E-state index in [1.54, 1.807) is 18.4 Å². The molecule has 1 aliphatic rings. The van der Waals surface area contributed by atoms with Gasteiger partial charge in [0.25, 0.3) is 0 Å². The van der Waals surface area contributed by atoms with E-state index in [4.69, 9.17) is 31.7 Å². The second-order valence-corrected chi connectivity index (χ2v) is 9.71. The molecule has 0 radical (unpaired) electrons. The van der Waals surface area contributed by atoms with Crippen molar-refractivity contribution in [1.29, 1.82) is 0 Å². The van der Waals surface area contributed by atoms with Crippen LogP contribution >= 0.6 is 35.3 Å². The molecular weight excluding hydrogens is 450 g/mol. The van der Waals surface area contributed by atoms with E-state index in [-0.39, 0.29) is 5.60 Å². The molecule has 1 aliphatic heterocycles. The number of thiophene rings is 1. The second kappa shape index (κ2) is 9.15. The first kappa shape index (κ1) is 22.1. The first-order chi connectivity index (χ1) is 14.9. The smallest absolute Gasteiger partial charge is 0.190 e. The number of fused-ring (bicyclic) bond motifs is 3. The van der Waals surface area contributed by atoms with Gasteiger partial charge >= 0.3 is 0 Å². The summed E-state index contributed by atoms with van der Waals surface area (Å²) in [6, 6.07) is 7.56. The van der Waals surface area contributed by atoms with Crippen LogP contribution in [0.1, 0.15) is 30.7 Å². The lowest BCUT2D eigenvalue weighted by Gasteiger charge is -2.33. The maximum Gasteiger partial charge on any atom is 0.190 e. The summed E-state index contributed by atoms with van der Waals surface area (Å²) in [4.78, 5) is 11.6. The molecule has 3 aromatic rings. The molecule has 0 saturated heterocycles. The molecule has 0 unspecified atom stereocenters. The molecule has 1 atom stereocenters. The number of methoxy groups -OCH3 is 1. The summed E-state index contributed by atoms with van der Waals surface area (Å²) in [7, 11) is 1.64. The quantitative estimate of drug-likeness (QED) is 0.198. The first-order valence-electron chi connectivity index (χ1n) is 9.92. The SMILES string of the molecule is CC[C@]1(C)Cc2c(sc3nc(SC)nc(NNC(=S)Nc4ccc(OC)cc4)c23)CO1. The van der Waals surface area contributed by atoms with Crippen LogP contribution in [0, 0.1) is 0 Å². The number of hydrogen-bond donors (Lipinski definition) is 3. The minimum absolute atomic E-state index is 0.172. The van der Waals surface area contributed by atoms with Crippen LogP contribution in [0.25, 0.3) is 10.2 Å². The third kappa shape index (κ3) is 4.72. The van der Waals surface area contributed by atoms with Crippen LogP contribution in [0.3, 0.4) is 0 Å². The number of hydrazine groups is 1. The molecule has 3 N–H and O–H groups in total. The number of aromatic nitrogens is 2. The number of ether oxygens (including phenoxy) is 2. The zero-order chi connectivity index (χ0) is 22.0. The van der Waals surface area contributed by atoms with Gasteiger partial charge in [-0.05, 0) is 61.6 Å². The van der Waals surface area contributed by atoms with Gasteiger partial charge < -0.3 is 14.8 Å². The van der Waals surface area contributed by atoms with Crippen molar-refractivity contribution in [3.05, 3.63) is 34.7 Å². The maximum absolute atomic E-state index is 6.13. The van der Waals surface area contributed by atoms with Crippen molar-refractivity contribution in [3.63, 3.8) is 0 Å². The Hall–Kier alpha value is -2.14. The molecule has 3 heterocycles. The summed E-state index contributed by atoms with van der Waals surface area (Å²) < 4.78 is 11.3. The second-order valence-electron chi connectivity index (χ2n) is 7.44. The lowest BCUT2D eigenvalue weighted by Crippen LogP contribution is -2.35. The summed E-state index contributed by atoms with van der Waals surface area (Å²) in [5.74, 6) is 1.52. The highest BCUT2D eigenvalue weighted by molar-refractivity contribution is 7.98. The maximum atomic E-state index is 6.13. The van der Waals surface area contributed by atoms with Crippen LogP contribution < -0.4 is 20.9 Å². The van der Waals surface area contributed by atoms with Crippen molar-refractivity contribution in [1.82, 2.24) is 15.4 Å². The first-order valence-corrected chi connectivity index (χ1v) is 12.4. The molecule has 1 aromatic carbocycles. The Morgan fingerprint density at radius 3 is 2.77 bits per heavy atom. The van der Waals surface area contributed by atoms with E-state index in [2.05, 4.69) is 30.0 Å². The van der Waals surface area contributed by atoms with Gasteiger partial charge in [0.05, 0.1) is 24.7 Å². The monoisotopic (exact) mass is 475 g/mol. The largest absolute Gasteiger partial charge is 0.497 e. The number of thioether (sulfide) groups is 1. The number of hydrogen-bond acceptors (Lipinski definition) is 8. The summed E-state index contributed by atoms with van der Waals surface area (Å²) in [5.41, 5.74) is 8.23. The van der Waals surface area contributed by atoms with Crippen molar-refractivity contribution >= 4 is 62.2 Å². The Kier molecular flexibility index (Phi) is 6.52. The van der Waals surface area contributed by atoms with Crippen molar-refractivity contribution in [2.24, 2.45) is 0 Å². The minimum Gasteiger partial charge on any atom is -0.497 e. The molecular formula is C21H25N5O2S3. The van der Waals surface area contributed by atoms with Gasteiger partial charge in [0.15, 0.2) is 16.1 Å². The molecule has 0 fully saturated rings. The fraction of sp³-hybridized carbons (Fsp3) is 0.381. The van der Waals surface area contributed by atoms with E-state index in [1.165, 1.54) is 22.2 Å². The van der Waals surface area contributed by atoms with E-state index >= 15 is 0 Å². The van der Waals surface area contributed by atoms with Gasteiger partial charge in [0.1, 0.15) is 10.6 Å². The number of benzene rings is 1. The van der Waals surface area contributed by atoms with Gasteiger partial charge in [0, 0.05) is 17.0 Å². The molecule has 164 valence electrons. The van der Waals surface area contributed by atoms with Crippen molar-refractivity contribution < 1.29 is 9.47 Å². The lowest BCUT2D eigenvalue weighted by molar-refractivity contribution is -0.0542. The average molecular weight is 476 g/mol. The van der Waals surface area contributed by atoms with E-state index in [9.17, 15) is 0 Å². The highest BCUT2D eigenvalue weighted by Crippen LogP contribution is 2.42. The molecule has 10 heteroatoms. The Morgan fingerprint density at radius 1 is 1.32 bits per heavy atom. The normalized spacial score (nSPS) is 17.8. The third-order valence-corrected chi connectivity index (χ3v) is 7.24. The van der Waals surface area contributed by atoms with Crippen LogP contribution in [0.5, 0.6) is 5.75 Å². The number of thiocarbonyl (C=S) groups is 1. The van der Waals surface area contributed by atoms with Gasteiger partial charge in [0.2, 0.25) is 0 Å². The van der Waals surface area contributed by atoms with Crippen molar-refractivity contribution in [2.75, 3.05) is 24.1 Å². The minimum atomic E-state index is -0.172. The van der Waals surface area contributed by atoms with Crippen LogP contribution in [-0.2, 0) is 17.8 Å².